The predicted octanol–water partition coefficient (Wildman–Crippen LogP) is 5.43. The van der Waals surface area contributed by atoms with E-state index < -0.39 is 0 Å². The number of carbonyl (C=O) groups is 3. The Labute approximate surface area is 203 Å². The summed E-state index contributed by atoms with van der Waals surface area (Å²) < 4.78 is 11.7. The summed E-state index contributed by atoms with van der Waals surface area (Å²) in [6, 6.07) is 0. The number of rotatable bonds is 4. The third-order valence-electron chi connectivity index (χ3n) is 10.7. The molecule has 3 saturated carbocycles. The number of fused-ring (bicyclic) bond motifs is 5. The van der Waals surface area contributed by atoms with Crippen molar-refractivity contribution in [2.45, 2.75) is 85.2 Å². The van der Waals surface area contributed by atoms with Gasteiger partial charge in [0.1, 0.15) is 6.10 Å². The molecule has 9 atom stereocenters. The number of ether oxygens (including phenoxy) is 2. The van der Waals surface area contributed by atoms with Crippen LogP contribution in [0.5, 0.6) is 0 Å². The van der Waals surface area contributed by atoms with Gasteiger partial charge in [0, 0.05) is 17.8 Å². The van der Waals surface area contributed by atoms with E-state index in [-0.39, 0.29) is 46.5 Å². The second-order valence-corrected chi connectivity index (χ2v) is 12.2. The Morgan fingerprint density at radius 3 is 2.68 bits per heavy atom. The number of carbonyl (C=O) groups excluding carboxylic acids is 3. The molecule has 186 valence electrons. The molecule has 0 N–H and O–H groups in total. The normalized spacial score (nSPS) is 44.3. The van der Waals surface area contributed by atoms with Crippen LogP contribution in [0.3, 0.4) is 0 Å². The molecule has 5 unspecified atom stereocenters. The van der Waals surface area contributed by atoms with Crippen LogP contribution < -0.4 is 0 Å². The number of cyclic esters (lactones) is 1. The molecule has 4 aliphatic carbocycles. The minimum Gasteiger partial charge on any atom is -0.465 e. The van der Waals surface area contributed by atoms with Crippen molar-refractivity contribution in [1.29, 1.82) is 0 Å². The molecular formula is C29H40O5. The summed E-state index contributed by atoms with van der Waals surface area (Å²) in [5.41, 5.74) is 1.22. The lowest BCUT2D eigenvalue weighted by atomic mass is 9.47. The van der Waals surface area contributed by atoms with Crippen LogP contribution in [-0.2, 0) is 23.9 Å². The molecule has 0 bridgehead atoms. The molecule has 0 aromatic carbocycles. The van der Waals surface area contributed by atoms with Crippen LogP contribution in [-0.4, -0.2) is 30.4 Å². The quantitative estimate of drug-likeness (QED) is 0.515. The zero-order chi connectivity index (χ0) is 24.3. The van der Waals surface area contributed by atoms with Crippen molar-refractivity contribution >= 4 is 17.7 Å². The van der Waals surface area contributed by atoms with Gasteiger partial charge in [0.2, 0.25) is 0 Å². The molecule has 0 amide bonds. The molecule has 1 aliphatic heterocycles. The van der Waals surface area contributed by atoms with E-state index in [1.807, 2.05) is 13.0 Å². The van der Waals surface area contributed by atoms with E-state index in [0.717, 1.165) is 51.4 Å². The van der Waals surface area contributed by atoms with Gasteiger partial charge in [0.15, 0.2) is 5.78 Å². The second kappa shape index (κ2) is 8.64. The number of esters is 2. The van der Waals surface area contributed by atoms with Gasteiger partial charge in [0.05, 0.1) is 12.5 Å². The van der Waals surface area contributed by atoms with E-state index in [0.29, 0.717) is 30.3 Å². The summed E-state index contributed by atoms with van der Waals surface area (Å²) in [5, 5.41) is 0. The topological polar surface area (TPSA) is 69.7 Å². The van der Waals surface area contributed by atoms with Gasteiger partial charge in [0.25, 0.3) is 0 Å². The van der Waals surface area contributed by atoms with Crippen molar-refractivity contribution in [3.05, 3.63) is 23.8 Å². The summed E-state index contributed by atoms with van der Waals surface area (Å²) in [4.78, 5) is 36.4. The zero-order valence-electron chi connectivity index (χ0n) is 21.2. The van der Waals surface area contributed by atoms with Gasteiger partial charge in [-0.1, -0.05) is 32.4 Å². The standard InChI is InChI=1S/C29H40O5/c1-17-5-10-26(34-27(17)32)18(2)23-8-9-25-22-7-6-20-15-21(31)11-13-28(20,4)24(22)12-14-29(23,25)16-33-19(3)30/h11,13,15,17-18,22-26H,5-10,12,14,16H2,1-4H3/t17?,18-,22?,23+,24?,25?,26?,28-,29-/m0/s1. The second-order valence-electron chi connectivity index (χ2n) is 12.2. The fraction of sp³-hybridized carbons (Fsp3) is 0.759. The molecule has 5 rings (SSSR count). The van der Waals surface area contributed by atoms with Gasteiger partial charge >= 0.3 is 11.9 Å². The highest BCUT2D eigenvalue weighted by Gasteiger charge is 2.62. The molecule has 5 nitrogen and oxygen atoms in total. The summed E-state index contributed by atoms with van der Waals surface area (Å²) in [5.74, 6) is 2.08. The Kier molecular flexibility index (Phi) is 6.05. The molecule has 1 heterocycles. The van der Waals surface area contributed by atoms with E-state index in [4.69, 9.17) is 9.47 Å². The average molecular weight is 469 g/mol. The Morgan fingerprint density at radius 2 is 1.94 bits per heavy atom. The van der Waals surface area contributed by atoms with E-state index >= 15 is 0 Å². The third-order valence-corrected chi connectivity index (χ3v) is 10.7. The Morgan fingerprint density at radius 1 is 1.15 bits per heavy atom. The van der Waals surface area contributed by atoms with E-state index in [2.05, 4.69) is 19.9 Å². The highest BCUT2D eigenvalue weighted by molar-refractivity contribution is 6.01. The van der Waals surface area contributed by atoms with Crippen LogP contribution in [0.2, 0.25) is 0 Å². The number of ketones is 1. The maximum atomic E-state index is 12.4. The molecule has 0 aromatic rings. The Balaban J connectivity index is 1.44. The fourth-order valence-electron chi connectivity index (χ4n) is 8.84. The first-order valence-electron chi connectivity index (χ1n) is 13.4. The van der Waals surface area contributed by atoms with Gasteiger partial charge in [-0.3, -0.25) is 14.4 Å². The van der Waals surface area contributed by atoms with Crippen LogP contribution in [0.1, 0.15) is 79.1 Å². The summed E-state index contributed by atoms with van der Waals surface area (Å²) in [6.07, 6.45) is 14.1. The van der Waals surface area contributed by atoms with Gasteiger partial charge in [-0.25, -0.2) is 0 Å². The van der Waals surface area contributed by atoms with Crippen LogP contribution in [0, 0.1) is 46.3 Å². The molecule has 5 heteroatoms. The smallest absolute Gasteiger partial charge is 0.308 e. The van der Waals surface area contributed by atoms with Crippen molar-refractivity contribution < 1.29 is 23.9 Å². The number of allylic oxidation sites excluding steroid dienone is 4. The first-order valence-corrected chi connectivity index (χ1v) is 13.4. The molecule has 4 fully saturated rings. The predicted molar refractivity (Wildman–Crippen MR) is 129 cm³/mol. The van der Waals surface area contributed by atoms with Crippen molar-refractivity contribution in [3.8, 4) is 0 Å². The highest BCUT2D eigenvalue weighted by atomic mass is 16.5. The molecular weight excluding hydrogens is 428 g/mol. The lowest BCUT2D eigenvalue weighted by molar-refractivity contribution is -0.169. The van der Waals surface area contributed by atoms with E-state index in [1.165, 1.54) is 12.5 Å². The van der Waals surface area contributed by atoms with Crippen molar-refractivity contribution in [2.24, 2.45) is 46.3 Å². The molecule has 0 radical (unpaired) electrons. The molecule has 0 spiro atoms. The molecule has 0 aromatic heterocycles. The number of hydrogen-bond acceptors (Lipinski definition) is 5. The maximum absolute atomic E-state index is 12.4. The van der Waals surface area contributed by atoms with Gasteiger partial charge < -0.3 is 9.47 Å². The fourth-order valence-corrected chi connectivity index (χ4v) is 8.84. The third kappa shape index (κ3) is 3.69. The lowest BCUT2D eigenvalue weighted by Crippen LogP contribution is -2.54. The lowest BCUT2D eigenvalue weighted by Gasteiger charge is -2.58. The maximum Gasteiger partial charge on any atom is 0.308 e. The van der Waals surface area contributed by atoms with Crippen molar-refractivity contribution in [3.63, 3.8) is 0 Å². The summed E-state index contributed by atoms with van der Waals surface area (Å²) >= 11 is 0. The van der Waals surface area contributed by atoms with Gasteiger partial charge in [-0.05, 0) is 93.1 Å². The Hall–Kier alpha value is -1.91. The monoisotopic (exact) mass is 468 g/mol. The van der Waals surface area contributed by atoms with Crippen molar-refractivity contribution in [1.82, 2.24) is 0 Å². The minimum absolute atomic E-state index is 0.00844. The first-order chi connectivity index (χ1) is 16.2. The molecule has 5 aliphatic rings. The van der Waals surface area contributed by atoms with Crippen LogP contribution in [0.25, 0.3) is 0 Å². The van der Waals surface area contributed by atoms with Crippen LogP contribution >= 0.6 is 0 Å². The average Bonchev–Trinajstić information content (AvgIpc) is 3.19. The summed E-state index contributed by atoms with van der Waals surface area (Å²) in [6.45, 7) is 8.54. The first kappa shape index (κ1) is 23.8. The SMILES string of the molecule is CC(=O)OC[C@]12CCC3C(CCC4=CC(=O)C=C[C@@]43C)C1CC[C@@H]2[C@H](C)C1CCC(C)C(=O)O1. The zero-order valence-corrected chi connectivity index (χ0v) is 21.2. The largest absolute Gasteiger partial charge is 0.465 e. The van der Waals surface area contributed by atoms with E-state index in [1.54, 1.807) is 6.08 Å². The van der Waals surface area contributed by atoms with Gasteiger partial charge in [-0.15, -0.1) is 0 Å². The van der Waals surface area contributed by atoms with Gasteiger partial charge in [-0.2, -0.15) is 0 Å². The molecule has 34 heavy (non-hydrogen) atoms. The summed E-state index contributed by atoms with van der Waals surface area (Å²) in [7, 11) is 0. The molecule has 1 saturated heterocycles. The van der Waals surface area contributed by atoms with Crippen molar-refractivity contribution in [2.75, 3.05) is 6.61 Å². The highest BCUT2D eigenvalue weighted by Crippen LogP contribution is 2.67. The minimum atomic E-state index is -0.207. The van der Waals surface area contributed by atoms with Crippen LogP contribution in [0.4, 0.5) is 0 Å². The van der Waals surface area contributed by atoms with E-state index in [9.17, 15) is 14.4 Å². The Bertz CT molecular complexity index is 933. The van der Waals surface area contributed by atoms with Crippen LogP contribution in [0.15, 0.2) is 23.8 Å². The number of hydrogen-bond donors (Lipinski definition) is 0.